The van der Waals surface area contributed by atoms with Crippen molar-refractivity contribution in [3.63, 3.8) is 0 Å². The van der Waals surface area contributed by atoms with E-state index in [4.69, 9.17) is 15.2 Å². The first kappa shape index (κ1) is 14.2. The lowest BCUT2D eigenvalue weighted by Gasteiger charge is -2.13. The minimum Gasteiger partial charge on any atom is -0.508 e. The first-order chi connectivity index (χ1) is 9.60. The summed E-state index contributed by atoms with van der Waals surface area (Å²) in [7, 11) is 1.60. The lowest BCUT2D eigenvalue weighted by atomic mass is 10.1. The maximum absolute atomic E-state index is 9.41. The van der Waals surface area contributed by atoms with Crippen LogP contribution in [0.2, 0.25) is 0 Å². The zero-order valence-corrected chi connectivity index (χ0v) is 11.7. The van der Waals surface area contributed by atoms with Gasteiger partial charge >= 0.3 is 0 Å². The maximum Gasteiger partial charge on any atom is 0.161 e. The van der Waals surface area contributed by atoms with E-state index >= 15 is 0 Å². The van der Waals surface area contributed by atoms with Crippen LogP contribution in [-0.2, 0) is 6.61 Å². The van der Waals surface area contributed by atoms with Gasteiger partial charge in [-0.1, -0.05) is 18.2 Å². The van der Waals surface area contributed by atoms with Crippen LogP contribution in [0.25, 0.3) is 0 Å². The average Bonchev–Trinajstić information content (AvgIpc) is 2.45. The largest absolute Gasteiger partial charge is 0.508 e. The molecule has 106 valence electrons. The molecule has 0 aliphatic heterocycles. The molecule has 3 N–H and O–H groups in total. The summed E-state index contributed by atoms with van der Waals surface area (Å²) in [5.41, 5.74) is 7.73. The normalized spacial score (nSPS) is 11.9. The standard InChI is InChI=1S/C16H19NO3/c1-11(17)13-6-7-15(16(9-13)19-2)20-10-12-4-3-5-14(18)8-12/h3-9,11,18H,10,17H2,1-2H3. The van der Waals surface area contributed by atoms with Gasteiger partial charge in [0.05, 0.1) is 7.11 Å². The fraction of sp³-hybridized carbons (Fsp3) is 0.250. The Morgan fingerprint density at radius 3 is 2.60 bits per heavy atom. The number of benzene rings is 2. The molecule has 0 heterocycles. The van der Waals surface area contributed by atoms with Gasteiger partial charge in [-0.15, -0.1) is 0 Å². The molecule has 4 heteroatoms. The van der Waals surface area contributed by atoms with Crippen LogP contribution in [0.3, 0.4) is 0 Å². The Hall–Kier alpha value is -2.20. The second kappa shape index (κ2) is 6.30. The highest BCUT2D eigenvalue weighted by atomic mass is 16.5. The molecule has 2 aromatic rings. The molecule has 0 bridgehead atoms. The molecule has 1 unspecified atom stereocenters. The Labute approximate surface area is 118 Å². The van der Waals surface area contributed by atoms with E-state index in [1.807, 2.05) is 31.2 Å². The summed E-state index contributed by atoms with van der Waals surface area (Å²) >= 11 is 0. The summed E-state index contributed by atoms with van der Waals surface area (Å²) in [6.45, 7) is 2.28. The molecule has 0 aliphatic carbocycles. The summed E-state index contributed by atoms with van der Waals surface area (Å²) in [4.78, 5) is 0. The van der Waals surface area contributed by atoms with Gasteiger partial charge in [0.2, 0.25) is 0 Å². The van der Waals surface area contributed by atoms with Crippen LogP contribution in [0.1, 0.15) is 24.1 Å². The van der Waals surface area contributed by atoms with Crippen LogP contribution in [0, 0.1) is 0 Å². The number of aromatic hydroxyl groups is 1. The molecule has 1 atom stereocenters. The SMILES string of the molecule is COc1cc(C(C)N)ccc1OCc1cccc(O)c1. The molecule has 2 aromatic carbocycles. The van der Waals surface area contributed by atoms with Crippen LogP contribution in [0.4, 0.5) is 0 Å². The third-order valence-corrected chi connectivity index (χ3v) is 3.02. The number of hydrogen-bond donors (Lipinski definition) is 2. The highest BCUT2D eigenvalue weighted by Crippen LogP contribution is 2.30. The van der Waals surface area contributed by atoms with Crippen molar-refractivity contribution in [3.8, 4) is 17.2 Å². The second-order valence-corrected chi connectivity index (χ2v) is 4.66. The van der Waals surface area contributed by atoms with E-state index in [2.05, 4.69) is 0 Å². The predicted molar refractivity (Wildman–Crippen MR) is 78.0 cm³/mol. The number of methoxy groups -OCH3 is 1. The topological polar surface area (TPSA) is 64.7 Å². The van der Waals surface area contributed by atoms with Crippen molar-refractivity contribution in [3.05, 3.63) is 53.6 Å². The molecule has 0 aliphatic rings. The lowest BCUT2D eigenvalue weighted by Crippen LogP contribution is -2.05. The molecule has 0 radical (unpaired) electrons. The second-order valence-electron chi connectivity index (χ2n) is 4.66. The van der Waals surface area contributed by atoms with Gasteiger partial charge in [0, 0.05) is 6.04 Å². The Bertz CT molecular complexity index is 582. The number of phenols is 1. The molecular formula is C16H19NO3. The highest BCUT2D eigenvalue weighted by Gasteiger charge is 2.08. The summed E-state index contributed by atoms with van der Waals surface area (Å²) in [6.07, 6.45) is 0. The van der Waals surface area contributed by atoms with Crippen molar-refractivity contribution in [1.29, 1.82) is 0 Å². The Balaban J connectivity index is 2.13. The van der Waals surface area contributed by atoms with E-state index in [1.165, 1.54) is 0 Å². The van der Waals surface area contributed by atoms with Crippen molar-refractivity contribution in [1.82, 2.24) is 0 Å². The summed E-state index contributed by atoms with van der Waals surface area (Å²) < 4.78 is 11.0. The molecule has 0 saturated carbocycles. The highest BCUT2D eigenvalue weighted by molar-refractivity contribution is 5.44. The average molecular weight is 273 g/mol. The maximum atomic E-state index is 9.41. The summed E-state index contributed by atoms with van der Waals surface area (Å²) in [5.74, 6) is 1.53. The van der Waals surface area contributed by atoms with Crippen molar-refractivity contribution < 1.29 is 14.6 Å². The van der Waals surface area contributed by atoms with Crippen LogP contribution < -0.4 is 15.2 Å². The van der Waals surface area contributed by atoms with E-state index < -0.39 is 0 Å². The first-order valence-corrected chi connectivity index (χ1v) is 6.44. The minimum atomic E-state index is -0.0518. The molecular weight excluding hydrogens is 254 g/mol. The van der Waals surface area contributed by atoms with Gasteiger partial charge in [0.15, 0.2) is 11.5 Å². The molecule has 20 heavy (non-hydrogen) atoms. The molecule has 0 saturated heterocycles. The van der Waals surface area contributed by atoms with Crippen LogP contribution >= 0.6 is 0 Å². The van der Waals surface area contributed by atoms with Crippen LogP contribution in [0.15, 0.2) is 42.5 Å². The van der Waals surface area contributed by atoms with Gasteiger partial charge in [-0.3, -0.25) is 0 Å². The Kier molecular flexibility index (Phi) is 4.48. The van der Waals surface area contributed by atoms with Gasteiger partial charge in [-0.25, -0.2) is 0 Å². The summed E-state index contributed by atoms with van der Waals surface area (Å²) in [5, 5.41) is 9.41. The Morgan fingerprint density at radius 2 is 1.95 bits per heavy atom. The van der Waals surface area contributed by atoms with E-state index in [-0.39, 0.29) is 11.8 Å². The monoisotopic (exact) mass is 273 g/mol. The Morgan fingerprint density at radius 1 is 1.15 bits per heavy atom. The van der Waals surface area contributed by atoms with Crippen molar-refractivity contribution in [2.24, 2.45) is 5.73 Å². The molecule has 4 nitrogen and oxygen atoms in total. The number of phenolic OH excluding ortho intramolecular Hbond substituents is 1. The van der Waals surface area contributed by atoms with E-state index in [0.717, 1.165) is 11.1 Å². The van der Waals surface area contributed by atoms with Gasteiger partial charge in [0.1, 0.15) is 12.4 Å². The van der Waals surface area contributed by atoms with Crippen LogP contribution in [0.5, 0.6) is 17.2 Å². The molecule has 0 amide bonds. The minimum absolute atomic E-state index is 0.0518. The summed E-state index contributed by atoms with van der Waals surface area (Å²) in [6, 6.07) is 12.6. The van der Waals surface area contributed by atoms with Crippen molar-refractivity contribution >= 4 is 0 Å². The lowest BCUT2D eigenvalue weighted by molar-refractivity contribution is 0.283. The van der Waals surface area contributed by atoms with Crippen molar-refractivity contribution in [2.45, 2.75) is 19.6 Å². The van der Waals surface area contributed by atoms with E-state index in [1.54, 1.807) is 25.3 Å². The molecule has 0 fully saturated rings. The first-order valence-electron chi connectivity index (χ1n) is 6.44. The smallest absolute Gasteiger partial charge is 0.161 e. The fourth-order valence-electron chi connectivity index (χ4n) is 1.89. The third-order valence-electron chi connectivity index (χ3n) is 3.02. The van der Waals surface area contributed by atoms with Gasteiger partial charge in [-0.05, 0) is 42.3 Å². The zero-order chi connectivity index (χ0) is 14.5. The predicted octanol–water partition coefficient (Wildman–Crippen LogP) is 3.00. The third kappa shape index (κ3) is 3.42. The van der Waals surface area contributed by atoms with Gasteiger partial charge < -0.3 is 20.3 Å². The number of nitrogens with two attached hydrogens (primary N) is 1. The quantitative estimate of drug-likeness (QED) is 0.879. The molecule has 2 rings (SSSR count). The van der Waals surface area contributed by atoms with Crippen LogP contribution in [-0.4, -0.2) is 12.2 Å². The van der Waals surface area contributed by atoms with E-state index in [9.17, 15) is 5.11 Å². The zero-order valence-electron chi connectivity index (χ0n) is 11.7. The number of hydrogen-bond acceptors (Lipinski definition) is 4. The number of ether oxygens (including phenoxy) is 2. The van der Waals surface area contributed by atoms with Gasteiger partial charge in [0.25, 0.3) is 0 Å². The molecule has 0 aromatic heterocycles. The van der Waals surface area contributed by atoms with E-state index in [0.29, 0.717) is 18.1 Å². The fourth-order valence-corrected chi connectivity index (χ4v) is 1.89. The van der Waals surface area contributed by atoms with Gasteiger partial charge in [-0.2, -0.15) is 0 Å². The number of rotatable bonds is 5. The van der Waals surface area contributed by atoms with Crippen molar-refractivity contribution in [2.75, 3.05) is 7.11 Å². The molecule has 0 spiro atoms.